The summed E-state index contributed by atoms with van der Waals surface area (Å²) in [7, 11) is 0. The molecule has 0 atom stereocenters. The second-order valence-electron chi connectivity index (χ2n) is 10.5. The number of piperidine rings is 1. The minimum Gasteiger partial charge on any atom is -0.494 e. The zero-order chi connectivity index (χ0) is 24.9. The van der Waals surface area contributed by atoms with Gasteiger partial charge in [0.1, 0.15) is 11.5 Å². The fourth-order valence-electron chi connectivity index (χ4n) is 6.01. The standard InChI is InChI=1S/C33H38N2O2/c1-7-20-34(21-8-1)22-9-2-10-23-36-27-17-15-26(16-18-27)25-35-31-13-5-3-11-28(31)29-19-24-37-32-14-6-4-12-30(32)33(29)35/h3-6,11-18H,1-2,7-10,19-25H2. The molecule has 3 aromatic carbocycles. The van der Waals surface area contributed by atoms with Crippen LogP contribution >= 0.6 is 0 Å². The molecule has 2 aliphatic rings. The predicted octanol–water partition coefficient (Wildman–Crippen LogP) is 7.33. The van der Waals surface area contributed by atoms with E-state index in [1.54, 1.807) is 0 Å². The lowest BCUT2D eigenvalue weighted by Gasteiger charge is -2.26. The van der Waals surface area contributed by atoms with Gasteiger partial charge in [0.2, 0.25) is 0 Å². The molecule has 37 heavy (non-hydrogen) atoms. The van der Waals surface area contributed by atoms with Crippen LogP contribution in [0, 0.1) is 0 Å². The highest BCUT2D eigenvalue weighted by Gasteiger charge is 2.23. The van der Waals surface area contributed by atoms with Gasteiger partial charge in [-0.3, -0.25) is 0 Å². The normalized spacial score (nSPS) is 15.6. The predicted molar refractivity (Wildman–Crippen MR) is 152 cm³/mol. The van der Waals surface area contributed by atoms with E-state index in [0.29, 0.717) is 6.61 Å². The maximum absolute atomic E-state index is 6.12. The molecule has 3 heterocycles. The average Bonchev–Trinajstić information content (AvgIpc) is 3.11. The van der Waals surface area contributed by atoms with Crippen molar-refractivity contribution < 1.29 is 9.47 Å². The van der Waals surface area contributed by atoms with Crippen molar-refractivity contribution >= 4 is 10.9 Å². The third kappa shape index (κ3) is 5.40. The van der Waals surface area contributed by atoms with Gasteiger partial charge in [-0.15, -0.1) is 0 Å². The molecule has 0 aliphatic carbocycles. The number of para-hydroxylation sites is 2. The van der Waals surface area contributed by atoms with Gasteiger partial charge in [0, 0.05) is 29.4 Å². The molecular weight excluding hydrogens is 456 g/mol. The number of benzene rings is 3. The Morgan fingerprint density at radius 3 is 2.49 bits per heavy atom. The number of ether oxygens (including phenoxy) is 2. The molecule has 0 saturated carbocycles. The number of hydrogen-bond acceptors (Lipinski definition) is 3. The molecule has 0 N–H and O–H groups in total. The van der Waals surface area contributed by atoms with E-state index >= 15 is 0 Å². The average molecular weight is 495 g/mol. The Hall–Kier alpha value is -3.24. The second kappa shape index (κ2) is 11.4. The second-order valence-corrected chi connectivity index (χ2v) is 10.5. The van der Waals surface area contributed by atoms with Gasteiger partial charge in [-0.25, -0.2) is 0 Å². The van der Waals surface area contributed by atoms with Gasteiger partial charge in [0.15, 0.2) is 0 Å². The van der Waals surface area contributed by atoms with Crippen molar-refractivity contribution in [3.8, 4) is 22.8 Å². The highest BCUT2D eigenvalue weighted by atomic mass is 16.5. The van der Waals surface area contributed by atoms with Gasteiger partial charge in [0.05, 0.1) is 18.9 Å². The fourth-order valence-corrected chi connectivity index (χ4v) is 6.01. The van der Waals surface area contributed by atoms with Gasteiger partial charge < -0.3 is 18.9 Å². The van der Waals surface area contributed by atoms with Crippen molar-refractivity contribution in [1.29, 1.82) is 0 Å². The number of fused-ring (bicyclic) bond motifs is 5. The van der Waals surface area contributed by atoms with Crippen LogP contribution in [0.2, 0.25) is 0 Å². The van der Waals surface area contributed by atoms with Gasteiger partial charge in [0.25, 0.3) is 0 Å². The molecular formula is C33H38N2O2. The van der Waals surface area contributed by atoms with Crippen LogP contribution in [0.5, 0.6) is 11.5 Å². The number of hydrogen-bond donors (Lipinski definition) is 0. The van der Waals surface area contributed by atoms with E-state index < -0.39 is 0 Å². The van der Waals surface area contributed by atoms with Crippen LogP contribution in [0.4, 0.5) is 0 Å². The Bertz CT molecular complexity index is 1320. The first-order chi connectivity index (χ1) is 18.4. The topological polar surface area (TPSA) is 26.6 Å². The number of unbranched alkanes of at least 4 members (excludes halogenated alkanes) is 2. The van der Waals surface area contributed by atoms with Crippen LogP contribution in [-0.4, -0.2) is 42.3 Å². The lowest BCUT2D eigenvalue weighted by Crippen LogP contribution is -2.30. The number of likely N-dealkylation sites (tertiary alicyclic amines) is 1. The van der Waals surface area contributed by atoms with Crippen LogP contribution < -0.4 is 9.47 Å². The van der Waals surface area contributed by atoms with Crippen molar-refractivity contribution in [3.63, 3.8) is 0 Å². The number of rotatable bonds is 9. The molecule has 0 unspecified atom stereocenters. The van der Waals surface area contributed by atoms with Gasteiger partial charge in [-0.1, -0.05) is 48.9 Å². The SMILES string of the molecule is c1ccc2c(c1)OCCc1c-2n(Cc2ccc(OCCCCCN3CCCCC3)cc2)c2ccccc12. The van der Waals surface area contributed by atoms with E-state index in [0.717, 1.165) is 37.5 Å². The number of nitrogens with zero attached hydrogens (tertiary/aromatic N) is 2. The summed E-state index contributed by atoms with van der Waals surface area (Å²) in [6, 6.07) is 25.9. The summed E-state index contributed by atoms with van der Waals surface area (Å²) in [5.74, 6) is 1.94. The lowest BCUT2D eigenvalue weighted by atomic mass is 10.0. The summed E-state index contributed by atoms with van der Waals surface area (Å²) < 4.78 is 14.7. The maximum atomic E-state index is 6.12. The molecule has 1 saturated heterocycles. The van der Waals surface area contributed by atoms with E-state index in [4.69, 9.17) is 9.47 Å². The molecule has 0 amide bonds. The van der Waals surface area contributed by atoms with Crippen molar-refractivity contribution in [3.05, 3.63) is 83.9 Å². The molecule has 4 nitrogen and oxygen atoms in total. The van der Waals surface area contributed by atoms with Crippen molar-refractivity contribution in [2.45, 2.75) is 51.5 Å². The zero-order valence-electron chi connectivity index (χ0n) is 21.8. The molecule has 2 aliphatic heterocycles. The molecule has 4 aromatic rings. The Morgan fingerprint density at radius 2 is 1.59 bits per heavy atom. The lowest BCUT2D eigenvalue weighted by molar-refractivity contribution is 0.221. The Kier molecular flexibility index (Phi) is 7.45. The highest BCUT2D eigenvalue weighted by molar-refractivity contribution is 5.93. The van der Waals surface area contributed by atoms with Crippen LogP contribution in [0.25, 0.3) is 22.2 Å². The molecule has 0 spiro atoms. The summed E-state index contributed by atoms with van der Waals surface area (Å²) in [5, 5.41) is 1.33. The highest BCUT2D eigenvalue weighted by Crippen LogP contribution is 2.41. The van der Waals surface area contributed by atoms with Gasteiger partial charge in [-0.2, -0.15) is 0 Å². The van der Waals surface area contributed by atoms with E-state index in [9.17, 15) is 0 Å². The minimum atomic E-state index is 0.711. The third-order valence-corrected chi connectivity index (χ3v) is 7.93. The summed E-state index contributed by atoms with van der Waals surface area (Å²) in [6.07, 6.45) is 8.74. The summed E-state index contributed by atoms with van der Waals surface area (Å²) in [4.78, 5) is 2.63. The first-order valence-electron chi connectivity index (χ1n) is 14.1. The molecule has 0 radical (unpaired) electrons. The zero-order valence-corrected chi connectivity index (χ0v) is 21.8. The quantitative estimate of drug-likeness (QED) is 0.228. The summed E-state index contributed by atoms with van der Waals surface area (Å²) >= 11 is 0. The van der Waals surface area contributed by atoms with Gasteiger partial charge >= 0.3 is 0 Å². The summed E-state index contributed by atoms with van der Waals surface area (Å²) in [5.41, 5.74) is 6.43. The first-order valence-corrected chi connectivity index (χ1v) is 14.1. The first kappa shape index (κ1) is 24.1. The molecule has 192 valence electrons. The molecule has 4 heteroatoms. The van der Waals surface area contributed by atoms with Crippen LogP contribution in [0.1, 0.15) is 49.7 Å². The van der Waals surface area contributed by atoms with E-state index in [1.807, 2.05) is 0 Å². The largest absolute Gasteiger partial charge is 0.494 e. The van der Waals surface area contributed by atoms with E-state index in [-0.39, 0.29) is 0 Å². The van der Waals surface area contributed by atoms with Crippen molar-refractivity contribution in [2.24, 2.45) is 0 Å². The number of aromatic nitrogens is 1. The maximum Gasteiger partial charge on any atom is 0.128 e. The summed E-state index contributed by atoms with van der Waals surface area (Å²) in [6.45, 7) is 6.17. The van der Waals surface area contributed by atoms with Gasteiger partial charge in [-0.05, 0) is 93.2 Å². The van der Waals surface area contributed by atoms with Crippen LogP contribution in [0.15, 0.2) is 72.8 Å². The Labute approximate surface area is 220 Å². The smallest absolute Gasteiger partial charge is 0.128 e. The third-order valence-electron chi connectivity index (χ3n) is 7.93. The van der Waals surface area contributed by atoms with E-state index in [2.05, 4.69) is 82.3 Å². The van der Waals surface area contributed by atoms with Crippen molar-refractivity contribution in [1.82, 2.24) is 9.47 Å². The Balaban J connectivity index is 1.12. The monoisotopic (exact) mass is 494 g/mol. The molecule has 1 fully saturated rings. The molecule has 1 aromatic heterocycles. The van der Waals surface area contributed by atoms with E-state index in [1.165, 1.54) is 85.0 Å². The molecule has 0 bridgehead atoms. The van der Waals surface area contributed by atoms with Crippen LogP contribution in [-0.2, 0) is 13.0 Å². The Morgan fingerprint density at radius 1 is 0.784 bits per heavy atom. The van der Waals surface area contributed by atoms with Crippen molar-refractivity contribution in [2.75, 3.05) is 32.8 Å². The minimum absolute atomic E-state index is 0.711. The fraction of sp³-hybridized carbons (Fsp3) is 0.394. The molecule has 6 rings (SSSR count). The van der Waals surface area contributed by atoms with Crippen LogP contribution in [0.3, 0.4) is 0 Å².